The predicted molar refractivity (Wildman–Crippen MR) is 102 cm³/mol. The van der Waals surface area contributed by atoms with Gasteiger partial charge in [0.1, 0.15) is 5.04 Å². The molecule has 0 saturated carbocycles. The highest BCUT2D eigenvalue weighted by atomic mass is 32.2. The molecule has 0 N–H and O–H groups in total. The van der Waals surface area contributed by atoms with Gasteiger partial charge >= 0.3 is 0 Å². The predicted octanol–water partition coefficient (Wildman–Crippen LogP) is 5.55. The van der Waals surface area contributed by atoms with E-state index >= 15 is 0 Å². The lowest BCUT2D eigenvalue weighted by Crippen LogP contribution is -2.13. The van der Waals surface area contributed by atoms with Gasteiger partial charge in [0.05, 0.1) is 11.8 Å². The van der Waals surface area contributed by atoms with Gasteiger partial charge in [-0.15, -0.1) is 0 Å². The van der Waals surface area contributed by atoms with E-state index in [1.807, 2.05) is 39.2 Å². The van der Waals surface area contributed by atoms with Gasteiger partial charge in [-0.25, -0.2) is 4.99 Å². The van der Waals surface area contributed by atoms with Gasteiger partial charge in [0.25, 0.3) is 0 Å². The van der Waals surface area contributed by atoms with E-state index in [0.717, 1.165) is 28.5 Å². The monoisotopic (exact) mass is 312 g/mol. The minimum atomic E-state index is 0.245. The van der Waals surface area contributed by atoms with Crippen LogP contribution in [0.25, 0.3) is 0 Å². The number of thioether (sulfide) groups is 1. The first-order valence-electron chi connectivity index (χ1n) is 6.88. The van der Waals surface area contributed by atoms with E-state index in [1.54, 1.807) is 0 Å². The molecule has 0 radical (unpaired) electrons. The third-order valence-electron chi connectivity index (χ3n) is 2.11. The second kappa shape index (κ2) is 14.7. The first-order valence-corrected chi connectivity index (χ1v) is 8.39. The number of rotatable bonds is 7. The largest absolute Gasteiger partial charge is 0.283 e. The van der Waals surface area contributed by atoms with Crippen LogP contribution >= 0.6 is 24.4 Å². The summed E-state index contributed by atoms with van der Waals surface area (Å²) in [5, 5.41) is 2.83. The van der Waals surface area contributed by atoms with Crippen molar-refractivity contribution in [1.82, 2.24) is 0 Å². The highest BCUT2D eigenvalue weighted by molar-refractivity contribution is 8.18. The Morgan fingerprint density at radius 3 is 2.35 bits per heavy atom. The van der Waals surface area contributed by atoms with Gasteiger partial charge in [0, 0.05) is 12.0 Å². The Balaban J connectivity index is 0. The Morgan fingerprint density at radius 2 is 1.95 bits per heavy atom. The minimum absolute atomic E-state index is 0.245. The van der Waals surface area contributed by atoms with Crippen molar-refractivity contribution in [2.24, 2.45) is 9.98 Å². The number of hydrogen-bond donors (Lipinski definition) is 1. The summed E-state index contributed by atoms with van der Waals surface area (Å²) in [4.78, 5) is 8.86. The van der Waals surface area contributed by atoms with Gasteiger partial charge < -0.3 is 0 Å². The molecule has 2 nitrogen and oxygen atoms in total. The third kappa shape index (κ3) is 11.1. The van der Waals surface area contributed by atoms with Crippen molar-refractivity contribution in [1.29, 1.82) is 0 Å². The fourth-order valence-corrected chi connectivity index (χ4v) is 2.22. The van der Waals surface area contributed by atoms with Gasteiger partial charge in [-0.1, -0.05) is 57.3 Å². The first kappa shape index (κ1) is 21.6. The van der Waals surface area contributed by atoms with Crippen LogP contribution in [-0.2, 0) is 0 Å². The second-order valence-corrected chi connectivity index (χ2v) is 5.10. The number of allylic oxidation sites excluding steroid dienone is 2. The average molecular weight is 313 g/mol. The maximum atomic E-state index is 4.61. The van der Waals surface area contributed by atoms with Crippen molar-refractivity contribution < 1.29 is 0 Å². The first-order chi connectivity index (χ1) is 9.54. The molecule has 4 heteroatoms. The summed E-state index contributed by atoms with van der Waals surface area (Å²) in [5.41, 5.74) is 1.93. The lowest BCUT2D eigenvalue weighted by atomic mass is 10.2. The molecule has 0 aromatic carbocycles. The van der Waals surface area contributed by atoms with E-state index in [-0.39, 0.29) is 6.04 Å². The van der Waals surface area contributed by atoms with E-state index in [2.05, 4.69) is 42.7 Å². The van der Waals surface area contributed by atoms with Crippen LogP contribution in [0.2, 0.25) is 0 Å². The third-order valence-corrected chi connectivity index (χ3v) is 3.43. The van der Waals surface area contributed by atoms with Crippen molar-refractivity contribution in [2.75, 3.05) is 5.75 Å². The van der Waals surface area contributed by atoms with Crippen molar-refractivity contribution >= 4 is 35.1 Å². The van der Waals surface area contributed by atoms with Crippen molar-refractivity contribution in [2.45, 2.75) is 47.1 Å². The molecule has 0 aromatic rings. The molecule has 0 saturated heterocycles. The van der Waals surface area contributed by atoms with E-state index in [4.69, 9.17) is 0 Å². The molecule has 1 unspecified atom stereocenters. The lowest BCUT2D eigenvalue weighted by molar-refractivity contribution is 0.730. The lowest BCUT2D eigenvalue weighted by Gasteiger charge is -2.08. The molecule has 0 aromatic heterocycles. The number of hydrogen-bond acceptors (Lipinski definition) is 4. The molecule has 20 heavy (non-hydrogen) atoms. The minimum Gasteiger partial charge on any atom is -0.283 e. The van der Waals surface area contributed by atoms with Crippen LogP contribution < -0.4 is 0 Å². The Labute approximate surface area is 134 Å². The zero-order chi connectivity index (χ0) is 16.0. The van der Waals surface area contributed by atoms with Crippen LogP contribution in [0.1, 0.15) is 41.0 Å². The number of aliphatic imine (C=N–C) groups is 2. The smallest absolute Gasteiger partial charge is 0.121 e. The Hall–Kier alpha value is -0.740. The van der Waals surface area contributed by atoms with Crippen LogP contribution in [0.5, 0.6) is 0 Å². The Bertz CT molecular complexity index is 365. The van der Waals surface area contributed by atoms with E-state index in [0.29, 0.717) is 0 Å². The second-order valence-electron chi connectivity index (χ2n) is 3.84. The molecule has 0 aliphatic rings. The van der Waals surface area contributed by atoms with Crippen LogP contribution in [0.3, 0.4) is 0 Å². The van der Waals surface area contributed by atoms with Gasteiger partial charge in [-0.3, -0.25) is 4.99 Å². The molecular formula is C16H28N2S2. The van der Waals surface area contributed by atoms with E-state index in [9.17, 15) is 0 Å². The maximum absolute atomic E-state index is 4.61. The van der Waals surface area contributed by atoms with Crippen molar-refractivity contribution in [3.8, 4) is 0 Å². The van der Waals surface area contributed by atoms with Crippen LogP contribution in [0.4, 0.5) is 0 Å². The average Bonchev–Trinajstić information content (AvgIpc) is 2.45. The molecule has 0 aliphatic heterocycles. The Kier molecular flexibility index (Phi) is 15.8. The number of nitrogens with zero attached hydrogens (tertiary/aromatic N) is 2. The standard InChI is InChI=1S/C14H22N2S2.C2H6/c1-6-13(10-17)16-12(5)14(15-7-2)18-9-8-11(3)4;1-2/h7-9,13,17H,2-3,6,10H2,1,4-5H3;1-2H3/b9-8+,15-14?,16-12?;. The molecule has 0 bridgehead atoms. The summed E-state index contributed by atoms with van der Waals surface area (Å²) in [7, 11) is 0. The fraction of sp³-hybridized carbons (Fsp3) is 0.500. The van der Waals surface area contributed by atoms with E-state index < -0.39 is 0 Å². The molecule has 114 valence electrons. The van der Waals surface area contributed by atoms with Gasteiger partial charge in [-0.05, 0) is 25.7 Å². The van der Waals surface area contributed by atoms with Crippen molar-refractivity contribution in [3.05, 3.63) is 36.4 Å². The van der Waals surface area contributed by atoms with Crippen LogP contribution in [0.15, 0.2) is 46.4 Å². The van der Waals surface area contributed by atoms with E-state index in [1.165, 1.54) is 18.0 Å². The molecule has 0 aliphatic carbocycles. The summed E-state index contributed by atoms with van der Waals surface area (Å²) < 4.78 is 0. The zero-order valence-electron chi connectivity index (χ0n) is 13.4. The quantitative estimate of drug-likeness (QED) is 0.283. The van der Waals surface area contributed by atoms with Crippen molar-refractivity contribution in [3.63, 3.8) is 0 Å². The summed E-state index contributed by atoms with van der Waals surface area (Å²) in [5.74, 6) is 0.751. The molecule has 0 spiro atoms. The highest BCUT2D eigenvalue weighted by Crippen LogP contribution is 2.12. The normalized spacial score (nSPS) is 13.7. The molecule has 0 heterocycles. The van der Waals surface area contributed by atoms with Crippen LogP contribution in [-0.4, -0.2) is 22.6 Å². The summed E-state index contributed by atoms with van der Waals surface area (Å²) in [6, 6.07) is 0.245. The van der Waals surface area contributed by atoms with Gasteiger partial charge in [0.2, 0.25) is 0 Å². The Morgan fingerprint density at radius 1 is 1.35 bits per heavy atom. The highest BCUT2D eigenvalue weighted by Gasteiger charge is 2.06. The molecule has 0 fully saturated rings. The topological polar surface area (TPSA) is 24.7 Å². The molecule has 1 atom stereocenters. The molecule has 0 rings (SSSR count). The summed E-state index contributed by atoms with van der Waals surface area (Å²) in [6.45, 7) is 17.5. The zero-order valence-corrected chi connectivity index (χ0v) is 15.1. The van der Waals surface area contributed by atoms with Crippen LogP contribution in [0, 0.1) is 0 Å². The SMILES string of the molecule is C=CN=C(S/C=C/C(=C)C)C(C)=NC(CC)CS.CC. The fourth-order valence-electron chi connectivity index (χ4n) is 1.10. The molecule has 0 amide bonds. The van der Waals surface area contributed by atoms with Gasteiger partial charge in [0.15, 0.2) is 0 Å². The van der Waals surface area contributed by atoms with Gasteiger partial charge in [-0.2, -0.15) is 12.6 Å². The molecular weight excluding hydrogens is 284 g/mol. The summed E-state index contributed by atoms with van der Waals surface area (Å²) in [6.07, 6.45) is 4.47. The maximum Gasteiger partial charge on any atom is 0.121 e. The number of thiol groups is 1. The summed E-state index contributed by atoms with van der Waals surface area (Å²) >= 11 is 5.82.